The number of hydrogen-bond acceptors (Lipinski definition) is 3. The van der Waals surface area contributed by atoms with E-state index < -0.39 is 0 Å². The zero-order chi connectivity index (χ0) is 17.4. The molecule has 2 atom stereocenters. The number of anilines is 1. The Morgan fingerprint density at radius 2 is 1.96 bits per heavy atom. The molecule has 0 saturated heterocycles. The van der Waals surface area contributed by atoms with Crippen molar-refractivity contribution in [1.29, 1.82) is 0 Å². The fraction of sp³-hybridized carbons (Fsp3) is 0.250. The lowest BCUT2D eigenvalue weighted by atomic mass is 10.1. The molecular weight excluding hydrogens is 312 g/mol. The first-order chi connectivity index (χ1) is 12.1. The summed E-state index contributed by atoms with van der Waals surface area (Å²) in [5.74, 6) is 0.356. The average Bonchev–Trinajstić information content (AvgIpc) is 3.41. The van der Waals surface area contributed by atoms with Crippen molar-refractivity contribution < 1.29 is 4.79 Å². The highest BCUT2D eigenvalue weighted by atomic mass is 16.2. The van der Waals surface area contributed by atoms with Crippen LogP contribution in [0.2, 0.25) is 0 Å². The number of aryl methyl sites for hydroxylation is 1. The lowest BCUT2D eigenvalue weighted by Gasteiger charge is -2.07. The van der Waals surface area contributed by atoms with E-state index in [1.54, 1.807) is 6.20 Å². The van der Waals surface area contributed by atoms with Crippen LogP contribution < -0.4 is 5.32 Å². The van der Waals surface area contributed by atoms with Crippen LogP contribution in [0.1, 0.15) is 29.3 Å². The van der Waals surface area contributed by atoms with Crippen LogP contribution in [-0.4, -0.2) is 20.7 Å². The quantitative estimate of drug-likeness (QED) is 0.794. The molecule has 0 aliphatic heterocycles. The Balaban J connectivity index is 1.52. The van der Waals surface area contributed by atoms with E-state index in [0.717, 1.165) is 34.7 Å². The van der Waals surface area contributed by atoms with Gasteiger partial charge in [0.15, 0.2) is 0 Å². The third kappa shape index (κ3) is 2.93. The van der Waals surface area contributed by atoms with Crippen LogP contribution in [0.15, 0.2) is 54.9 Å². The molecule has 1 N–H and O–H groups in total. The lowest BCUT2D eigenvalue weighted by molar-refractivity contribution is -0.117. The molecular formula is C20H20N4O. The van der Waals surface area contributed by atoms with Gasteiger partial charge < -0.3 is 5.32 Å². The summed E-state index contributed by atoms with van der Waals surface area (Å²) < 4.78 is 1.87. The van der Waals surface area contributed by atoms with Crippen molar-refractivity contribution in [3.05, 3.63) is 71.8 Å². The number of hydrogen-bond donors (Lipinski definition) is 1. The van der Waals surface area contributed by atoms with Gasteiger partial charge in [-0.25, -0.2) is 4.68 Å². The summed E-state index contributed by atoms with van der Waals surface area (Å²) in [4.78, 5) is 16.8. The Morgan fingerprint density at radius 1 is 1.16 bits per heavy atom. The van der Waals surface area contributed by atoms with Gasteiger partial charge in [-0.1, -0.05) is 24.3 Å². The second-order valence-corrected chi connectivity index (χ2v) is 6.52. The number of nitrogens with one attached hydrogen (secondary N) is 1. The van der Waals surface area contributed by atoms with Gasteiger partial charge in [0.05, 0.1) is 22.8 Å². The highest BCUT2D eigenvalue weighted by Gasteiger charge is 2.44. The molecule has 2 unspecified atom stereocenters. The first-order valence-electron chi connectivity index (χ1n) is 8.47. The summed E-state index contributed by atoms with van der Waals surface area (Å²) in [7, 11) is 0. The molecule has 0 bridgehead atoms. The van der Waals surface area contributed by atoms with Gasteiger partial charge in [-0.2, -0.15) is 5.10 Å². The third-order valence-electron chi connectivity index (χ3n) is 4.78. The van der Waals surface area contributed by atoms with E-state index in [1.165, 1.54) is 0 Å². The number of para-hydroxylation sites is 1. The summed E-state index contributed by atoms with van der Waals surface area (Å²) in [6.45, 7) is 3.90. The number of carbonyl (C=O) groups is 1. The fourth-order valence-electron chi connectivity index (χ4n) is 3.31. The van der Waals surface area contributed by atoms with Crippen molar-refractivity contribution in [3.8, 4) is 5.69 Å². The maximum atomic E-state index is 12.6. The summed E-state index contributed by atoms with van der Waals surface area (Å²) in [6, 6.07) is 13.9. The van der Waals surface area contributed by atoms with Crippen LogP contribution in [0.25, 0.3) is 5.69 Å². The first kappa shape index (κ1) is 15.6. The maximum absolute atomic E-state index is 12.6. The van der Waals surface area contributed by atoms with Crippen molar-refractivity contribution in [2.75, 3.05) is 5.32 Å². The van der Waals surface area contributed by atoms with E-state index >= 15 is 0 Å². The minimum absolute atomic E-state index is 0.0167. The van der Waals surface area contributed by atoms with Crippen molar-refractivity contribution in [2.45, 2.75) is 26.2 Å². The molecule has 3 aromatic rings. The molecule has 1 aromatic carbocycles. The highest BCUT2D eigenvalue weighted by molar-refractivity contribution is 5.96. The summed E-state index contributed by atoms with van der Waals surface area (Å²) in [5.41, 5.74) is 4.70. The Hall–Kier alpha value is -2.95. The predicted octanol–water partition coefficient (Wildman–Crippen LogP) is 3.63. The normalized spacial score (nSPS) is 18.8. The molecule has 2 aromatic heterocycles. The van der Waals surface area contributed by atoms with E-state index in [9.17, 15) is 4.79 Å². The third-order valence-corrected chi connectivity index (χ3v) is 4.78. The van der Waals surface area contributed by atoms with Gasteiger partial charge in [0, 0.05) is 18.3 Å². The molecule has 1 saturated carbocycles. The van der Waals surface area contributed by atoms with Crippen LogP contribution in [-0.2, 0) is 4.79 Å². The fourth-order valence-corrected chi connectivity index (χ4v) is 3.31. The molecule has 5 nitrogen and oxygen atoms in total. The van der Waals surface area contributed by atoms with Gasteiger partial charge in [-0.15, -0.1) is 0 Å². The monoisotopic (exact) mass is 332 g/mol. The van der Waals surface area contributed by atoms with Gasteiger partial charge in [-0.3, -0.25) is 9.78 Å². The van der Waals surface area contributed by atoms with Gasteiger partial charge >= 0.3 is 0 Å². The molecule has 1 aliphatic carbocycles. The number of aromatic nitrogens is 3. The molecule has 126 valence electrons. The Kier molecular flexibility index (Phi) is 3.84. The number of pyridine rings is 1. The second-order valence-electron chi connectivity index (χ2n) is 6.52. The average molecular weight is 332 g/mol. The van der Waals surface area contributed by atoms with E-state index in [0.29, 0.717) is 0 Å². The van der Waals surface area contributed by atoms with Crippen molar-refractivity contribution >= 4 is 11.6 Å². The standard InChI is InChI=1S/C20H20N4O/c1-13-19(14(2)24(23-13)16-8-4-3-5-9-16)22-20(25)18-11-17(18)15-7-6-10-21-12-15/h3-10,12,17-18H,11H2,1-2H3,(H,22,25). The molecule has 1 fully saturated rings. The minimum atomic E-state index is 0.0167. The number of nitrogens with zero attached hydrogens (tertiary/aromatic N) is 3. The molecule has 0 spiro atoms. The molecule has 1 aliphatic rings. The van der Waals surface area contributed by atoms with Gasteiger partial charge in [-0.05, 0) is 49.9 Å². The van der Waals surface area contributed by atoms with Crippen molar-refractivity contribution in [1.82, 2.24) is 14.8 Å². The van der Waals surface area contributed by atoms with E-state index in [4.69, 9.17) is 0 Å². The summed E-state index contributed by atoms with van der Waals surface area (Å²) >= 11 is 0. The first-order valence-corrected chi connectivity index (χ1v) is 8.47. The number of rotatable bonds is 4. The summed E-state index contributed by atoms with van der Waals surface area (Å²) in [5, 5.41) is 7.67. The molecule has 1 amide bonds. The summed E-state index contributed by atoms with van der Waals surface area (Å²) in [6.07, 6.45) is 4.48. The molecule has 0 radical (unpaired) electrons. The predicted molar refractivity (Wildman–Crippen MR) is 96.8 cm³/mol. The van der Waals surface area contributed by atoms with Gasteiger partial charge in [0.2, 0.25) is 5.91 Å². The Labute approximate surface area is 146 Å². The SMILES string of the molecule is Cc1nn(-c2ccccc2)c(C)c1NC(=O)C1CC1c1cccnc1. The number of carbonyl (C=O) groups excluding carboxylic acids is 1. The van der Waals surface area contributed by atoms with Gasteiger partial charge in [0.1, 0.15) is 0 Å². The second kappa shape index (κ2) is 6.16. The zero-order valence-corrected chi connectivity index (χ0v) is 14.3. The molecule has 5 heteroatoms. The highest BCUT2D eigenvalue weighted by Crippen LogP contribution is 2.47. The molecule has 2 heterocycles. The lowest BCUT2D eigenvalue weighted by Crippen LogP contribution is -2.15. The van der Waals surface area contributed by atoms with E-state index in [-0.39, 0.29) is 17.7 Å². The number of benzene rings is 1. The minimum Gasteiger partial charge on any atom is -0.323 e. The maximum Gasteiger partial charge on any atom is 0.228 e. The number of amides is 1. The zero-order valence-electron chi connectivity index (χ0n) is 14.3. The smallest absolute Gasteiger partial charge is 0.228 e. The molecule has 4 rings (SSSR count). The topological polar surface area (TPSA) is 59.8 Å². The Morgan fingerprint density at radius 3 is 2.68 bits per heavy atom. The molecule has 25 heavy (non-hydrogen) atoms. The Bertz CT molecular complexity index is 902. The van der Waals surface area contributed by atoms with Crippen molar-refractivity contribution in [2.24, 2.45) is 5.92 Å². The largest absolute Gasteiger partial charge is 0.323 e. The van der Waals surface area contributed by atoms with Crippen LogP contribution in [0.3, 0.4) is 0 Å². The van der Waals surface area contributed by atoms with Crippen LogP contribution in [0, 0.1) is 19.8 Å². The van der Waals surface area contributed by atoms with Crippen molar-refractivity contribution in [3.63, 3.8) is 0 Å². The van der Waals surface area contributed by atoms with E-state index in [2.05, 4.69) is 15.4 Å². The van der Waals surface area contributed by atoms with Crippen LogP contribution in [0.5, 0.6) is 0 Å². The van der Waals surface area contributed by atoms with Crippen LogP contribution >= 0.6 is 0 Å². The van der Waals surface area contributed by atoms with E-state index in [1.807, 2.05) is 67.2 Å². The van der Waals surface area contributed by atoms with Gasteiger partial charge in [0.25, 0.3) is 0 Å². The van der Waals surface area contributed by atoms with Crippen LogP contribution in [0.4, 0.5) is 5.69 Å².